The number of ketones is 4. The predicted octanol–water partition coefficient (Wildman–Crippen LogP) is 11.3. The average Bonchev–Trinajstić information content (AvgIpc) is 3.91. The molecule has 4 bridgehead atoms. The fourth-order valence-electron chi connectivity index (χ4n) is 11.6. The molecule has 0 radical (unpaired) electrons. The first-order valence-electron chi connectivity index (χ1n) is 21.5. The van der Waals surface area contributed by atoms with Crippen LogP contribution in [-0.4, -0.2) is 23.1 Å². The van der Waals surface area contributed by atoms with Gasteiger partial charge in [-0.25, -0.2) is 0 Å². The summed E-state index contributed by atoms with van der Waals surface area (Å²) in [4.78, 5) is 49.7. The number of hydrogen-bond acceptors (Lipinski definition) is 4. The third kappa shape index (κ3) is 10.4. The molecule has 6 rings (SSSR count). The van der Waals surface area contributed by atoms with Crippen LogP contribution < -0.4 is 0 Å². The van der Waals surface area contributed by atoms with Crippen molar-refractivity contribution in [1.29, 1.82) is 0 Å². The zero-order valence-electron chi connectivity index (χ0n) is 34.0. The highest BCUT2D eigenvalue weighted by Crippen LogP contribution is 2.60. The van der Waals surface area contributed by atoms with E-state index in [1.807, 2.05) is 0 Å². The zero-order chi connectivity index (χ0) is 37.7. The summed E-state index contributed by atoms with van der Waals surface area (Å²) in [5.74, 6) is 9.65. The molecule has 0 saturated heterocycles. The minimum absolute atomic E-state index is 0.233. The van der Waals surface area contributed by atoms with Crippen molar-refractivity contribution in [2.45, 2.75) is 132 Å². The Hall–Kier alpha value is -2.36. The van der Waals surface area contributed by atoms with Crippen LogP contribution in [0, 0.1) is 94.7 Å². The molecule has 0 N–H and O–H groups in total. The van der Waals surface area contributed by atoms with Gasteiger partial charge >= 0.3 is 0 Å². The molecular formula is C48H72O4. The Bertz CT molecular complexity index is 1270. The maximum Gasteiger partial charge on any atom is 0.155 e. The van der Waals surface area contributed by atoms with Crippen molar-refractivity contribution in [2.24, 2.45) is 94.7 Å². The fourth-order valence-corrected chi connectivity index (χ4v) is 11.6. The van der Waals surface area contributed by atoms with Crippen molar-refractivity contribution in [3.8, 4) is 0 Å². The van der Waals surface area contributed by atoms with E-state index in [-0.39, 0.29) is 23.4 Å². The van der Waals surface area contributed by atoms with Crippen LogP contribution in [0.3, 0.4) is 0 Å². The average molecular weight is 713 g/mol. The number of allylic oxidation sites excluding steroid dienone is 8. The van der Waals surface area contributed by atoms with Crippen LogP contribution in [-0.2, 0) is 19.2 Å². The first kappa shape index (κ1) is 40.8. The predicted molar refractivity (Wildman–Crippen MR) is 213 cm³/mol. The summed E-state index contributed by atoms with van der Waals surface area (Å²) in [5.41, 5.74) is 0. The Balaban J connectivity index is 0.000000219. The van der Waals surface area contributed by atoms with Crippen LogP contribution >= 0.6 is 0 Å². The molecule has 0 aliphatic heterocycles. The van der Waals surface area contributed by atoms with Gasteiger partial charge in [0.2, 0.25) is 0 Å². The molecular weight excluding hydrogens is 641 g/mol. The second kappa shape index (κ2) is 18.3. The Morgan fingerprint density at radius 2 is 0.846 bits per heavy atom. The van der Waals surface area contributed by atoms with Gasteiger partial charge in [0.25, 0.3) is 0 Å². The molecule has 12 atom stereocenters. The highest BCUT2D eigenvalue weighted by molar-refractivity contribution is 5.90. The zero-order valence-corrected chi connectivity index (χ0v) is 34.0. The normalized spacial score (nSPS) is 36.1. The van der Waals surface area contributed by atoms with Crippen LogP contribution in [0.15, 0.2) is 48.6 Å². The van der Waals surface area contributed by atoms with Gasteiger partial charge in [0.15, 0.2) is 11.6 Å². The molecule has 4 saturated carbocycles. The van der Waals surface area contributed by atoms with Crippen molar-refractivity contribution in [3.63, 3.8) is 0 Å². The van der Waals surface area contributed by atoms with Crippen LogP contribution in [0.25, 0.3) is 0 Å². The second-order valence-electron chi connectivity index (χ2n) is 19.7. The van der Waals surface area contributed by atoms with Gasteiger partial charge in [0, 0.05) is 37.5 Å². The van der Waals surface area contributed by atoms with E-state index in [1.54, 1.807) is 12.2 Å². The standard InChI is InChI=1S/C29H42O2.C19H30O2/c1-16(2)11-24(30)28-22-9-7-20(14-22)26(28)18-5-6-19(13-18)27-21-8-10-23(15-21)29(27)25(31)12-17(3)4;1-14(2)11-18(20)9-7-16-5-6-17(13-16)8-10-19(21)12-15(3)4/h7-10,16-23,26-29H,5-6,11-15H2,1-4H3;7-10,14-17H,5-6,11-13H2,1-4H3/b;9-7+,10-8+/t18?,19?,20-,21+,22+,23-,26+,27?,28?,29+;/m0./s1. The number of carbonyl (C=O) groups excluding carboxylic acids is 4. The largest absolute Gasteiger partial charge is 0.299 e. The van der Waals surface area contributed by atoms with Crippen molar-refractivity contribution in [2.75, 3.05) is 0 Å². The summed E-state index contributed by atoms with van der Waals surface area (Å²) in [7, 11) is 0. The van der Waals surface area contributed by atoms with E-state index in [2.05, 4.69) is 91.8 Å². The molecule has 0 spiro atoms. The molecule has 0 aromatic heterocycles. The minimum atomic E-state index is 0.233. The molecule has 0 aromatic carbocycles. The Morgan fingerprint density at radius 3 is 1.21 bits per heavy atom. The molecule has 6 aliphatic carbocycles. The number of carbonyl (C=O) groups is 4. The third-order valence-corrected chi connectivity index (χ3v) is 13.4. The van der Waals surface area contributed by atoms with Crippen molar-refractivity contribution < 1.29 is 19.2 Å². The van der Waals surface area contributed by atoms with E-state index >= 15 is 0 Å². The molecule has 0 aromatic rings. The molecule has 4 nitrogen and oxygen atoms in total. The number of Topliss-reactive ketones (excluding diaryl/α,β-unsaturated/α-hetero) is 2. The van der Waals surface area contributed by atoms with E-state index in [9.17, 15) is 19.2 Å². The lowest BCUT2D eigenvalue weighted by molar-refractivity contribution is -0.127. The third-order valence-electron chi connectivity index (χ3n) is 13.4. The smallest absolute Gasteiger partial charge is 0.155 e. The Kier molecular flexibility index (Phi) is 14.4. The van der Waals surface area contributed by atoms with Gasteiger partial charge in [-0.2, -0.15) is 0 Å². The summed E-state index contributed by atoms with van der Waals surface area (Å²) in [5, 5.41) is 0. The summed E-state index contributed by atoms with van der Waals surface area (Å²) >= 11 is 0. The van der Waals surface area contributed by atoms with Crippen LogP contribution in [0.2, 0.25) is 0 Å². The van der Waals surface area contributed by atoms with Crippen molar-refractivity contribution >= 4 is 23.1 Å². The maximum atomic E-state index is 13.2. The topological polar surface area (TPSA) is 68.3 Å². The molecule has 6 aliphatic rings. The summed E-state index contributed by atoms with van der Waals surface area (Å²) in [6.07, 6.45) is 29.6. The summed E-state index contributed by atoms with van der Waals surface area (Å²) in [6.45, 7) is 17.0. The molecule has 4 heteroatoms. The van der Waals surface area contributed by atoms with E-state index in [4.69, 9.17) is 0 Å². The molecule has 4 fully saturated rings. The lowest BCUT2D eigenvalue weighted by Gasteiger charge is -2.35. The van der Waals surface area contributed by atoms with Crippen LogP contribution in [0.4, 0.5) is 0 Å². The lowest BCUT2D eigenvalue weighted by Crippen LogP contribution is -2.34. The van der Waals surface area contributed by atoms with E-state index < -0.39 is 0 Å². The first-order valence-corrected chi connectivity index (χ1v) is 21.5. The van der Waals surface area contributed by atoms with Gasteiger partial charge in [0.05, 0.1) is 0 Å². The molecule has 288 valence electrons. The highest BCUT2D eigenvalue weighted by atomic mass is 16.1. The van der Waals surface area contributed by atoms with E-state index in [0.29, 0.717) is 107 Å². The van der Waals surface area contributed by atoms with Gasteiger partial charge in [-0.15, -0.1) is 0 Å². The van der Waals surface area contributed by atoms with Crippen LogP contribution in [0.1, 0.15) is 132 Å². The molecule has 0 amide bonds. The first-order chi connectivity index (χ1) is 24.7. The van der Waals surface area contributed by atoms with E-state index in [1.165, 1.54) is 32.1 Å². The van der Waals surface area contributed by atoms with Crippen LogP contribution in [0.5, 0.6) is 0 Å². The van der Waals surface area contributed by atoms with Gasteiger partial charge in [0.1, 0.15) is 11.6 Å². The fraction of sp³-hybridized carbons (Fsp3) is 0.750. The Morgan fingerprint density at radius 1 is 0.481 bits per heavy atom. The summed E-state index contributed by atoms with van der Waals surface area (Å²) in [6, 6.07) is 0. The van der Waals surface area contributed by atoms with Gasteiger partial charge < -0.3 is 0 Å². The number of fused-ring (bicyclic) bond motifs is 4. The van der Waals surface area contributed by atoms with Gasteiger partial charge in [-0.1, -0.05) is 91.8 Å². The summed E-state index contributed by atoms with van der Waals surface area (Å²) < 4.78 is 0. The SMILES string of the molecule is CC(C)CC(=O)/C=C/C1CCC(/C=C/C(=O)CC(C)C)C1.CC(C)CC(=O)C1[C@H](C2CCC(C3[C@@H]4C=C[C@@H](C4)[C@@H]3C(=O)CC(C)C)C2)[C@H]2C=C[C@@H]1C2. The maximum absolute atomic E-state index is 13.2. The van der Waals surface area contributed by atoms with E-state index in [0.717, 1.165) is 32.1 Å². The second-order valence-corrected chi connectivity index (χ2v) is 19.7. The lowest BCUT2D eigenvalue weighted by atomic mass is 9.69. The monoisotopic (exact) mass is 713 g/mol. The minimum Gasteiger partial charge on any atom is -0.299 e. The van der Waals surface area contributed by atoms with Gasteiger partial charge in [-0.05, 0) is 146 Å². The van der Waals surface area contributed by atoms with Gasteiger partial charge in [-0.3, -0.25) is 19.2 Å². The number of hydrogen-bond donors (Lipinski definition) is 0. The number of rotatable bonds is 16. The molecule has 0 heterocycles. The van der Waals surface area contributed by atoms with Crippen molar-refractivity contribution in [3.05, 3.63) is 48.6 Å². The molecule has 6 unspecified atom stereocenters. The highest BCUT2D eigenvalue weighted by Gasteiger charge is 2.55. The quantitative estimate of drug-likeness (QED) is 0.118. The van der Waals surface area contributed by atoms with Crippen molar-refractivity contribution in [1.82, 2.24) is 0 Å². The molecule has 52 heavy (non-hydrogen) atoms. The Labute approximate surface area is 317 Å².